The molecule has 0 saturated carbocycles. The standard InChI is InChI=1S/C19H16ClF5N2O2/c1-3-27(8-13(28)26-12-6-10(20)5-4-9(12)2)14(29)7-11-15(21)17(23)19(25)18(24)16(11)22/h4-6H,3,7-8H2,1-2H3,(H,26,28). The van der Waals surface area contributed by atoms with Gasteiger partial charge in [0, 0.05) is 22.8 Å². The Morgan fingerprint density at radius 1 is 1.00 bits per heavy atom. The molecule has 0 fully saturated rings. The molecule has 4 nitrogen and oxygen atoms in total. The second kappa shape index (κ2) is 9.21. The lowest BCUT2D eigenvalue weighted by Crippen LogP contribution is -2.39. The molecule has 0 aliphatic carbocycles. The molecule has 0 aromatic heterocycles. The fourth-order valence-corrected chi connectivity index (χ4v) is 2.71. The maximum atomic E-state index is 13.8. The van der Waals surface area contributed by atoms with Gasteiger partial charge in [0.1, 0.15) is 0 Å². The predicted octanol–water partition coefficient (Wildman–Crippen LogP) is 4.37. The van der Waals surface area contributed by atoms with Crippen LogP contribution >= 0.6 is 11.6 Å². The van der Waals surface area contributed by atoms with E-state index in [4.69, 9.17) is 11.6 Å². The second-order valence-corrected chi connectivity index (χ2v) is 6.58. The van der Waals surface area contributed by atoms with Gasteiger partial charge in [-0.05, 0) is 31.5 Å². The zero-order valence-electron chi connectivity index (χ0n) is 15.4. The lowest BCUT2D eigenvalue weighted by molar-refractivity contribution is -0.134. The number of carbonyl (C=O) groups is 2. The minimum atomic E-state index is -2.31. The third kappa shape index (κ3) is 5.03. The van der Waals surface area contributed by atoms with E-state index in [1.165, 1.54) is 13.0 Å². The van der Waals surface area contributed by atoms with Crippen LogP contribution in [0, 0.1) is 36.0 Å². The van der Waals surface area contributed by atoms with Gasteiger partial charge in [0.2, 0.25) is 17.6 Å². The van der Waals surface area contributed by atoms with E-state index in [9.17, 15) is 31.5 Å². The number of hydrogen-bond donors (Lipinski definition) is 1. The fraction of sp³-hybridized carbons (Fsp3) is 0.263. The fourth-order valence-electron chi connectivity index (χ4n) is 2.54. The number of aryl methyl sites for hydroxylation is 1. The minimum Gasteiger partial charge on any atom is -0.333 e. The van der Waals surface area contributed by atoms with Crippen LogP contribution in [-0.4, -0.2) is 29.8 Å². The van der Waals surface area contributed by atoms with E-state index in [0.29, 0.717) is 16.3 Å². The van der Waals surface area contributed by atoms with Gasteiger partial charge in [0.25, 0.3) is 0 Å². The van der Waals surface area contributed by atoms with E-state index in [-0.39, 0.29) is 6.54 Å². The summed E-state index contributed by atoms with van der Waals surface area (Å²) in [6.07, 6.45) is -1.09. The summed E-state index contributed by atoms with van der Waals surface area (Å²) in [5.74, 6) is -12.3. The molecule has 2 rings (SSSR count). The van der Waals surface area contributed by atoms with E-state index < -0.39 is 59.4 Å². The molecule has 156 valence electrons. The Hall–Kier alpha value is -2.68. The van der Waals surface area contributed by atoms with Crippen molar-refractivity contribution >= 4 is 29.1 Å². The molecule has 0 bridgehead atoms. The molecule has 0 unspecified atom stereocenters. The first-order valence-corrected chi connectivity index (χ1v) is 8.78. The highest BCUT2D eigenvalue weighted by atomic mass is 35.5. The van der Waals surface area contributed by atoms with Gasteiger partial charge in [-0.15, -0.1) is 0 Å². The predicted molar refractivity (Wildman–Crippen MR) is 97.0 cm³/mol. The third-order valence-electron chi connectivity index (χ3n) is 4.17. The van der Waals surface area contributed by atoms with Crippen molar-refractivity contribution in [3.05, 3.63) is 63.4 Å². The first-order valence-electron chi connectivity index (χ1n) is 8.40. The summed E-state index contributed by atoms with van der Waals surface area (Å²) in [4.78, 5) is 25.5. The molecule has 2 aromatic carbocycles. The third-order valence-corrected chi connectivity index (χ3v) is 4.41. The molecular formula is C19H16ClF5N2O2. The van der Waals surface area contributed by atoms with Crippen LogP contribution in [-0.2, 0) is 16.0 Å². The highest BCUT2D eigenvalue weighted by molar-refractivity contribution is 6.31. The Balaban J connectivity index is 2.15. The topological polar surface area (TPSA) is 49.4 Å². The Morgan fingerprint density at radius 2 is 1.55 bits per heavy atom. The van der Waals surface area contributed by atoms with Gasteiger partial charge >= 0.3 is 0 Å². The smallest absolute Gasteiger partial charge is 0.244 e. The van der Waals surface area contributed by atoms with Crippen molar-refractivity contribution in [1.29, 1.82) is 0 Å². The number of benzene rings is 2. The van der Waals surface area contributed by atoms with E-state index in [1.54, 1.807) is 19.1 Å². The number of hydrogen-bond acceptors (Lipinski definition) is 2. The number of carbonyl (C=O) groups excluding carboxylic acids is 2. The van der Waals surface area contributed by atoms with Gasteiger partial charge in [-0.25, -0.2) is 22.0 Å². The van der Waals surface area contributed by atoms with Gasteiger partial charge in [-0.1, -0.05) is 17.7 Å². The molecule has 2 amide bonds. The van der Waals surface area contributed by atoms with Gasteiger partial charge in [0.05, 0.1) is 13.0 Å². The van der Waals surface area contributed by atoms with Crippen LogP contribution in [0.4, 0.5) is 27.6 Å². The largest absolute Gasteiger partial charge is 0.333 e. The van der Waals surface area contributed by atoms with Crippen molar-refractivity contribution in [2.45, 2.75) is 20.3 Å². The number of rotatable bonds is 6. The number of anilines is 1. The Bertz CT molecular complexity index is 939. The van der Waals surface area contributed by atoms with Gasteiger partial charge in [0.15, 0.2) is 23.3 Å². The van der Waals surface area contributed by atoms with Crippen LogP contribution in [0.2, 0.25) is 5.02 Å². The van der Waals surface area contributed by atoms with E-state index in [1.807, 2.05) is 0 Å². The summed E-state index contributed by atoms with van der Waals surface area (Å²) in [6.45, 7) is 2.69. The first kappa shape index (κ1) is 22.6. The average Bonchev–Trinajstić information content (AvgIpc) is 2.68. The van der Waals surface area contributed by atoms with Crippen molar-refractivity contribution in [3.8, 4) is 0 Å². The molecule has 0 saturated heterocycles. The Kier molecular flexibility index (Phi) is 7.18. The zero-order valence-corrected chi connectivity index (χ0v) is 16.1. The maximum absolute atomic E-state index is 13.8. The highest BCUT2D eigenvalue weighted by Gasteiger charge is 2.28. The van der Waals surface area contributed by atoms with Crippen LogP contribution in [0.25, 0.3) is 0 Å². The van der Waals surface area contributed by atoms with Gasteiger partial charge in [-0.3, -0.25) is 9.59 Å². The van der Waals surface area contributed by atoms with Crippen molar-refractivity contribution < 1.29 is 31.5 Å². The quantitative estimate of drug-likeness (QED) is 0.417. The summed E-state index contributed by atoms with van der Waals surface area (Å²) in [6, 6.07) is 4.80. The van der Waals surface area contributed by atoms with Crippen molar-refractivity contribution in [2.75, 3.05) is 18.4 Å². The highest BCUT2D eigenvalue weighted by Crippen LogP contribution is 2.24. The van der Waals surface area contributed by atoms with Crippen LogP contribution in [0.5, 0.6) is 0 Å². The minimum absolute atomic E-state index is 0.0316. The number of nitrogens with one attached hydrogen (secondary N) is 1. The molecule has 0 aliphatic heterocycles. The monoisotopic (exact) mass is 434 g/mol. The molecule has 2 aromatic rings. The van der Waals surface area contributed by atoms with E-state index >= 15 is 0 Å². The molecule has 10 heteroatoms. The number of nitrogens with zero attached hydrogens (tertiary/aromatic N) is 1. The summed E-state index contributed by atoms with van der Waals surface area (Å²) < 4.78 is 67.3. The van der Waals surface area contributed by atoms with Crippen molar-refractivity contribution in [2.24, 2.45) is 0 Å². The number of likely N-dealkylation sites (N-methyl/N-ethyl adjacent to an activating group) is 1. The first-order chi connectivity index (χ1) is 13.6. The normalized spacial score (nSPS) is 10.8. The number of halogens is 6. The second-order valence-electron chi connectivity index (χ2n) is 6.14. The van der Waals surface area contributed by atoms with Crippen LogP contribution in [0.15, 0.2) is 18.2 Å². The molecule has 0 radical (unpaired) electrons. The summed E-state index contributed by atoms with van der Waals surface area (Å²) >= 11 is 5.87. The molecule has 0 heterocycles. The lowest BCUT2D eigenvalue weighted by Gasteiger charge is -2.21. The molecular weight excluding hydrogens is 419 g/mol. The van der Waals surface area contributed by atoms with E-state index in [0.717, 1.165) is 4.90 Å². The van der Waals surface area contributed by atoms with Crippen LogP contribution < -0.4 is 5.32 Å². The summed E-state index contributed by atoms with van der Waals surface area (Å²) in [5, 5.41) is 2.92. The molecule has 0 atom stereocenters. The molecule has 0 spiro atoms. The van der Waals surface area contributed by atoms with Crippen molar-refractivity contribution in [1.82, 2.24) is 4.90 Å². The summed E-state index contributed by atoms with van der Waals surface area (Å²) in [5.41, 5.74) is -0.139. The molecule has 1 N–H and O–H groups in total. The van der Waals surface area contributed by atoms with Crippen molar-refractivity contribution in [3.63, 3.8) is 0 Å². The van der Waals surface area contributed by atoms with Gasteiger partial charge in [-0.2, -0.15) is 0 Å². The summed E-state index contributed by atoms with van der Waals surface area (Å²) in [7, 11) is 0. The average molecular weight is 435 g/mol. The Labute approximate surface area is 168 Å². The van der Waals surface area contributed by atoms with Crippen LogP contribution in [0.1, 0.15) is 18.1 Å². The molecule has 29 heavy (non-hydrogen) atoms. The SMILES string of the molecule is CCN(CC(=O)Nc1cc(Cl)ccc1C)C(=O)Cc1c(F)c(F)c(F)c(F)c1F. The van der Waals surface area contributed by atoms with E-state index in [2.05, 4.69) is 5.32 Å². The lowest BCUT2D eigenvalue weighted by atomic mass is 10.1. The maximum Gasteiger partial charge on any atom is 0.244 e. The molecule has 0 aliphatic rings. The zero-order chi connectivity index (χ0) is 21.9. The van der Waals surface area contributed by atoms with Gasteiger partial charge < -0.3 is 10.2 Å². The Morgan fingerprint density at radius 3 is 2.10 bits per heavy atom. The van der Waals surface area contributed by atoms with Crippen LogP contribution in [0.3, 0.4) is 0 Å². The number of amides is 2.